The second-order valence-corrected chi connectivity index (χ2v) is 5.67. The van der Waals surface area contributed by atoms with E-state index in [0.717, 1.165) is 12.0 Å². The van der Waals surface area contributed by atoms with Gasteiger partial charge in [-0.15, -0.1) is 0 Å². The molecule has 1 atom stereocenters. The molecule has 1 aliphatic rings. The summed E-state index contributed by atoms with van der Waals surface area (Å²) in [5.74, 6) is -0.258. The minimum atomic E-state index is -1.10. The molecule has 21 heavy (non-hydrogen) atoms. The SMILES string of the molecule is O=C(C(O)c1ccccc1)N1CCc2ccc(Cl)cc2C1. The van der Waals surface area contributed by atoms with Crippen molar-refractivity contribution >= 4 is 17.5 Å². The normalized spacial score (nSPS) is 15.4. The summed E-state index contributed by atoms with van der Waals surface area (Å²) < 4.78 is 0. The molecule has 0 fully saturated rings. The summed E-state index contributed by atoms with van der Waals surface area (Å²) in [4.78, 5) is 14.1. The van der Waals surface area contributed by atoms with Crippen LogP contribution in [0, 0.1) is 0 Å². The first-order valence-corrected chi connectivity index (χ1v) is 7.32. The van der Waals surface area contributed by atoms with Crippen molar-refractivity contribution in [3.63, 3.8) is 0 Å². The Morgan fingerprint density at radius 3 is 2.67 bits per heavy atom. The molecule has 1 heterocycles. The number of aliphatic hydroxyl groups is 1. The molecule has 0 saturated carbocycles. The summed E-state index contributed by atoms with van der Waals surface area (Å²) >= 11 is 6.01. The highest BCUT2D eigenvalue weighted by atomic mass is 35.5. The largest absolute Gasteiger partial charge is 0.378 e. The lowest BCUT2D eigenvalue weighted by Crippen LogP contribution is -2.39. The minimum Gasteiger partial charge on any atom is -0.378 e. The van der Waals surface area contributed by atoms with E-state index < -0.39 is 6.10 Å². The lowest BCUT2D eigenvalue weighted by molar-refractivity contribution is -0.141. The van der Waals surface area contributed by atoms with Gasteiger partial charge < -0.3 is 10.0 Å². The average molecular weight is 302 g/mol. The summed E-state index contributed by atoms with van der Waals surface area (Å²) in [7, 11) is 0. The fourth-order valence-corrected chi connectivity index (χ4v) is 2.86. The van der Waals surface area contributed by atoms with Crippen LogP contribution in [-0.4, -0.2) is 22.5 Å². The van der Waals surface area contributed by atoms with Gasteiger partial charge in [-0.3, -0.25) is 4.79 Å². The predicted molar refractivity (Wildman–Crippen MR) is 82.0 cm³/mol. The van der Waals surface area contributed by atoms with Gasteiger partial charge in [0, 0.05) is 18.1 Å². The van der Waals surface area contributed by atoms with Crippen LogP contribution in [0.5, 0.6) is 0 Å². The van der Waals surface area contributed by atoms with Crippen molar-refractivity contribution < 1.29 is 9.90 Å². The van der Waals surface area contributed by atoms with Gasteiger partial charge in [-0.2, -0.15) is 0 Å². The van der Waals surface area contributed by atoms with Crippen molar-refractivity contribution in [3.8, 4) is 0 Å². The molecule has 0 spiro atoms. The van der Waals surface area contributed by atoms with E-state index in [0.29, 0.717) is 23.7 Å². The van der Waals surface area contributed by atoms with Gasteiger partial charge in [0.05, 0.1) is 0 Å². The quantitative estimate of drug-likeness (QED) is 0.926. The summed E-state index contributed by atoms with van der Waals surface area (Å²) in [6, 6.07) is 14.8. The first-order chi connectivity index (χ1) is 10.1. The third kappa shape index (κ3) is 2.94. The molecule has 2 aromatic rings. The Kier molecular flexibility index (Phi) is 3.95. The Balaban J connectivity index is 1.78. The van der Waals surface area contributed by atoms with E-state index in [1.807, 2.05) is 36.4 Å². The number of nitrogens with zero attached hydrogens (tertiary/aromatic N) is 1. The molecule has 3 rings (SSSR count). The van der Waals surface area contributed by atoms with E-state index in [1.54, 1.807) is 17.0 Å². The fraction of sp³-hybridized carbons (Fsp3) is 0.235. The standard InChI is InChI=1S/C17H16ClNO2/c18-15-7-6-12-8-9-19(11-14(12)10-15)17(21)16(20)13-4-2-1-3-5-13/h1-7,10,16,20H,8-9,11H2. The van der Waals surface area contributed by atoms with E-state index in [9.17, 15) is 9.90 Å². The van der Waals surface area contributed by atoms with Crippen LogP contribution in [-0.2, 0) is 17.8 Å². The first kappa shape index (κ1) is 14.1. The van der Waals surface area contributed by atoms with Crippen molar-refractivity contribution in [2.75, 3.05) is 6.54 Å². The van der Waals surface area contributed by atoms with Crippen LogP contribution in [0.2, 0.25) is 5.02 Å². The van der Waals surface area contributed by atoms with Crippen molar-refractivity contribution in [3.05, 3.63) is 70.2 Å². The number of aliphatic hydroxyl groups excluding tert-OH is 1. The molecule has 2 aromatic carbocycles. The van der Waals surface area contributed by atoms with E-state index in [4.69, 9.17) is 11.6 Å². The van der Waals surface area contributed by atoms with Crippen LogP contribution in [0.4, 0.5) is 0 Å². The Bertz CT molecular complexity index is 657. The summed E-state index contributed by atoms with van der Waals surface area (Å²) in [5, 5.41) is 10.9. The van der Waals surface area contributed by atoms with Gasteiger partial charge in [0.2, 0.25) is 0 Å². The van der Waals surface area contributed by atoms with Crippen LogP contribution in [0.25, 0.3) is 0 Å². The molecular weight excluding hydrogens is 286 g/mol. The van der Waals surface area contributed by atoms with Gasteiger partial charge in [0.15, 0.2) is 6.10 Å². The molecule has 3 nitrogen and oxygen atoms in total. The maximum Gasteiger partial charge on any atom is 0.256 e. The highest BCUT2D eigenvalue weighted by Crippen LogP contribution is 2.25. The fourth-order valence-electron chi connectivity index (χ4n) is 2.66. The topological polar surface area (TPSA) is 40.5 Å². The van der Waals surface area contributed by atoms with Gasteiger partial charge >= 0.3 is 0 Å². The molecular formula is C17H16ClNO2. The van der Waals surface area contributed by atoms with E-state index in [-0.39, 0.29) is 5.91 Å². The lowest BCUT2D eigenvalue weighted by Gasteiger charge is -2.30. The zero-order valence-corrected chi connectivity index (χ0v) is 12.3. The van der Waals surface area contributed by atoms with Crippen LogP contribution in [0.15, 0.2) is 48.5 Å². The number of hydrogen-bond donors (Lipinski definition) is 1. The van der Waals surface area contributed by atoms with Crippen molar-refractivity contribution in [1.29, 1.82) is 0 Å². The zero-order valence-electron chi connectivity index (χ0n) is 11.5. The highest BCUT2D eigenvalue weighted by Gasteiger charge is 2.26. The Hall–Kier alpha value is -1.84. The number of rotatable bonds is 2. The molecule has 108 valence electrons. The van der Waals surface area contributed by atoms with Gasteiger partial charge in [0.1, 0.15) is 0 Å². The zero-order chi connectivity index (χ0) is 14.8. The summed E-state index contributed by atoms with van der Waals surface area (Å²) in [6.07, 6.45) is -0.313. The number of benzene rings is 2. The third-order valence-electron chi connectivity index (χ3n) is 3.84. The molecule has 0 aromatic heterocycles. The van der Waals surface area contributed by atoms with Crippen molar-refractivity contribution in [1.82, 2.24) is 4.90 Å². The lowest BCUT2D eigenvalue weighted by atomic mass is 9.99. The molecule has 0 bridgehead atoms. The van der Waals surface area contributed by atoms with Crippen LogP contribution >= 0.6 is 11.6 Å². The van der Waals surface area contributed by atoms with Crippen LogP contribution in [0.1, 0.15) is 22.8 Å². The number of carbonyl (C=O) groups excluding carboxylic acids is 1. The molecule has 1 amide bonds. The minimum absolute atomic E-state index is 0.258. The second-order valence-electron chi connectivity index (χ2n) is 5.24. The van der Waals surface area contributed by atoms with Crippen molar-refractivity contribution in [2.24, 2.45) is 0 Å². The van der Waals surface area contributed by atoms with Crippen LogP contribution < -0.4 is 0 Å². The van der Waals surface area contributed by atoms with Gasteiger partial charge in [0.25, 0.3) is 5.91 Å². The molecule has 1 aliphatic heterocycles. The monoisotopic (exact) mass is 301 g/mol. The van der Waals surface area contributed by atoms with Gasteiger partial charge in [-0.25, -0.2) is 0 Å². The van der Waals surface area contributed by atoms with Crippen molar-refractivity contribution in [2.45, 2.75) is 19.1 Å². The number of halogens is 1. The maximum atomic E-state index is 12.4. The van der Waals surface area contributed by atoms with E-state index in [2.05, 4.69) is 0 Å². The summed E-state index contributed by atoms with van der Waals surface area (Å²) in [6.45, 7) is 1.12. The van der Waals surface area contributed by atoms with E-state index in [1.165, 1.54) is 5.56 Å². The molecule has 4 heteroatoms. The van der Waals surface area contributed by atoms with E-state index >= 15 is 0 Å². The molecule has 0 saturated heterocycles. The maximum absolute atomic E-state index is 12.4. The summed E-state index contributed by atoms with van der Waals surface area (Å²) in [5.41, 5.74) is 2.90. The smallest absolute Gasteiger partial charge is 0.256 e. The second kappa shape index (κ2) is 5.88. The van der Waals surface area contributed by atoms with Gasteiger partial charge in [-0.05, 0) is 35.2 Å². The molecule has 0 aliphatic carbocycles. The third-order valence-corrected chi connectivity index (χ3v) is 4.08. The highest BCUT2D eigenvalue weighted by molar-refractivity contribution is 6.30. The predicted octanol–water partition coefficient (Wildman–Crippen LogP) is 2.96. The number of hydrogen-bond acceptors (Lipinski definition) is 2. The van der Waals surface area contributed by atoms with Crippen LogP contribution in [0.3, 0.4) is 0 Å². The Morgan fingerprint density at radius 1 is 1.14 bits per heavy atom. The molecule has 1 N–H and O–H groups in total. The molecule has 0 radical (unpaired) electrons. The number of amides is 1. The number of fused-ring (bicyclic) bond motifs is 1. The number of carbonyl (C=O) groups is 1. The molecule has 1 unspecified atom stereocenters. The Labute approximate surface area is 128 Å². The average Bonchev–Trinajstić information content (AvgIpc) is 2.53. The Morgan fingerprint density at radius 2 is 1.90 bits per heavy atom. The van der Waals surface area contributed by atoms with Gasteiger partial charge in [-0.1, -0.05) is 48.0 Å². The first-order valence-electron chi connectivity index (χ1n) is 6.94.